The lowest BCUT2D eigenvalue weighted by molar-refractivity contribution is -0.153. The van der Waals surface area contributed by atoms with E-state index >= 15 is 0 Å². The quantitative estimate of drug-likeness (QED) is 0.898. The van der Waals surface area contributed by atoms with Crippen LogP contribution in [0.3, 0.4) is 0 Å². The summed E-state index contributed by atoms with van der Waals surface area (Å²) in [5.74, 6) is -0.632. The highest BCUT2D eigenvalue weighted by Gasteiger charge is 2.41. The summed E-state index contributed by atoms with van der Waals surface area (Å²) in [6.45, 7) is 6.59. The van der Waals surface area contributed by atoms with E-state index < -0.39 is 11.4 Å². The lowest BCUT2D eigenvalue weighted by Crippen LogP contribution is -2.47. The van der Waals surface area contributed by atoms with Crippen molar-refractivity contribution in [2.24, 2.45) is 5.41 Å². The van der Waals surface area contributed by atoms with Crippen LogP contribution in [0.25, 0.3) is 0 Å². The Morgan fingerprint density at radius 3 is 3.00 bits per heavy atom. The minimum Gasteiger partial charge on any atom is -0.481 e. The number of carboxylic acid groups (broad SMARTS) is 1. The molecule has 1 aliphatic rings. The van der Waals surface area contributed by atoms with Gasteiger partial charge in [-0.15, -0.1) is 0 Å². The Balaban J connectivity index is 2.10. The number of aromatic nitrogens is 1. The fourth-order valence-electron chi connectivity index (χ4n) is 3.23. The first-order valence-corrected chi connectivity index (χ1v) is 7.42. The molecule has 0 aliphatic carbocycles. The molecular formula is C16H24N2O2. The van der Waals surface area contributed by atoms with E-state index in [1.807, 2.05) is 12.3 Å². The molecule has 0 radical (unpaired) electrons. The molecule has 1 aromatic rings. The van der Waals surface area contributed by atoms with Gasteiger partial charge in [-0.2, -0.15) is 0 Å². The maximum absolute atomic E-state index is 11.7. The van der Waals surface area contributed by atoms with Crippen LogP contribution in [-0.2, 0) is 11.3 Å². The highest BCUT2D eigenvalue weighted by Crippen LogP contribution is 2.35. The molecule has 4 nitrogen and oxygen atoms in total. The Morgan fingerprint density at radius 1 is 1.55 bits per heavy atom. The van der Waals surface area contributed by atoms with Crippen molar-refractivity contribution >= 4 is 5.97 Å². The summed E-state index contributed by atoms with van der Waals surface area (Å²) in [7, 11) is 0. The summed E-state index contributed by atoms with van der Waals surface area (Å²) in [5, 5.41) is 9.62. The predicted octanol–water partition coefficient (Wildman–Crippen LogP) is 2.86. The molecule has 0 amide bonds. The van der Waals surface area contributed by atoms with Crippen LogP contribution in [0.5, 0.6) is 0 Å². The number of rotatable bonds is 5. The topological polar surface area (TPSA) is 53.4 Å². The minimum atomic E-state index is -0.632. The van der Waals surface area contributed by atoms with Gasteiger partial charge in [-0.1, -0.05) is 13.3 Å². The highest BCUT2D eigenvalue weighted by atomic mass is 16.4. The van der Waals surface area contributed by atoms with Gasteiger partial charge in [0.1, 0.15) is 0 Å². The summed E-state index contributed by atoms with van der Waals surface area (Å²) < 4.78 is 0. The van der Waals surface area contributed by atoms with Gasteiger partial charge in [0.15, 0.2) is 0 Å². The molecular weight excluding hydrogens is 252 g/mol. The maximum atomic E-state index is 11.7. The average molecular weight is 276 g/mol. The smallest absolute Gasteiger partial charge is 0.310 e. The van der Waals surface area contributed by atoms with Gasteiger partial charge in [0.05, 0.1) is 5.41 Å². The summed E-state index contributed by atoms with van der Waals surface area (Å²) >= 11 is 0. The molecule has 2 heterocycles. The summed E-state index contributed by atoms with van der Waals surface area (Å²) in [6, 6.07) is 2.01. The SMILES string of the molecule is CCCC1(C(=O)O)CCCN(Cc2cnccc2C)C1. The second kappa shape index (κ2) is 6.35. The van der Waals surface area contributed by atoms with Crippen molar-refractivity contribution in [3.63, 3.8) is 0 Å². The molecule has 1 aromatic heterocycles. The molecule has 0 aromatic carbocycles. The van der Waals surface area contributed by atoms with E-state index in [0.717, 1.165) is 38.8 Å². The van der Waals surface area contributed by atoms with Crippen LogP contribution in [0.15, 0.2) is 18.5 Å². The number of hydrogen-bond acceptors (Lipinski definition) is 3. The molecule has 0 bridgehead atoms. The van der Waals surface area contributed by atoms with Crippen LogP contribution in [-0.4, -0.2) is 34.0 Å². The normalized spacial score (nSPS) is 23.7. The number of piperidine rings is 1. The van der Waals surface area contributed by atoms with Crippen molar-refractivity contribution in [1.82, 2.24) is 9.88 Å². The monoisotopic (exact) mass is 276 g/mol. The first-order chi connectivity index (χ1) is 9.57. The number of aliphatic carboxylic acids is 1. The summed E-state index contributed by atoms with van der Waals surface area (Å²) in [4.78, 5) is 18.1. The van der Waals surface area contributed by atoms with Crippen molar-refractivity contribution in [3.05, 3.63) is 29.6 Å². The van der Waals surface area contributed by atoms with E-state index in [9.17, 15) is 9.90 Å². The zero-order valence-corrected chi connectivity index (χ0v) is 12.4. The largest absolute Gasteiger partial charge is 0.481 e. The second-order valence-corrected chi connectivity index (χ2v) is 5.95. The van der Waals surface area contributed by atoms with Crippen molar-refractivity contribution in [3.8, 4) is 0 Å². The van der Waals surface area contributed by atoms with Gasteiger partial charge in [-0.25, -0.2) is 0 Å². The Hall–Kier alpha value is -1.42. The Kier molecular flexibility index (Phi) is 4.76. The zero-order chi connectivity index (χ0) is 14.6. The number of aryl methyl sites for hydroxylation is 1. The molecule has 110 valence electrons. The first kappa shape index (κ1) is 15.0. The van der Waals surface area contributed by atoms with Crippen molar-refractivity contribution in [2.75, 3.05) is 13.1 Å². The zero-order valence-electron chi connectivity index (χ0n) is 12.4. The van der Waals surface area contributed by atoms with Crippen molar-refractivity contribution in [2.45, 2.75) is 46.1 Å². The van der Waals surface area contributed by atoms with E-state index in [2.05, 4.69) is 23.7 Å². The number of nitrogens with zero attached hydrogens (tertiary/aromatic N) is 2. The van der Waals surface area contributed by atoms with Crippen LogP contribution < -0.4 is 0 Å². The molecule has 1 fully saturated rings. The summed E-state index contributed by atoms with van der Waals surface area (Å²) in [6.07, 6.45) is 7.15. The molecule has 2 rings (SSSR count). The molecule has 20 heavy (non-hydrogen) atoms. The van der Waals surface area contributed by atoms with E-state index in [0.29, 0.717) is 6.54 Å². The lowest BCUT2D eigenvalue weighted by Gasteiger charge is -2.40. The van der Waals surface area contributed by atoms with Crippen LogP contribution in [0.2, 0.25) is 0 Å². The number of carbonyl (C=O) groups is 1. The first-order valence-electron chi connectivity index (χ1n) is 7.42. The molecule has 0 spiro atoms. The lowest BCUT2D eigenvalue weighted by atomic mass is 9.76. The molecule has 0 saturated carbocycles. The highest BCUT2D eigenvalue weighted by molar-refractivity contribution is 5.75. The average Bonchev–Trinajstić information content (AvgIpc) is 2.42. The Morgan fingerprint density at radius 2 is 2.35 bits per heavy atom. The van der Waals surface area contributed by atoms with Crippen molar-refractivity contribution in [1.29, 1.82) is 0 Å². The van der Waals surface area contributed by atoms with Crippen LogP contribution >= 0.6 is 0 Å². The van der Waals surface area contributed by atoms with Crippen LogP contribution in [0, 0.1) is 12.3 Å². The number of likely N-dealkylation sites (tertiary alicyclic amines) is 1. The molecule has 1 atom stereocenters. The third-order valence-electron chi connectivity index (χ3n) is 4.38. The predicted molar refractivity (Wildman–Crippen MR) is 78.5 cm³/mol. The number of hydrogen-bond donors (Lipinski definition) is 1. The molecule has 1 aliphatic heterocycles. The van der Waals surface area contributed by atoms with Gasteiger partial charge in [-0.3, -0.25) is 14.7 Å². The van der Waals surface area contributed by atoms with Gasteiger partial charge in [0.2, 0.25) is 0 Å². The van der Waals surface area contributed by atoms with Gasteiger partial charge >= 0.3 is 5.97 Å². The van der Waals surface area contributed by atoms with E-state index in [-0.39, 0.29) is 0 Å². The Bertz CT molecular complexity index is 471. The van der Waals surface area contributed by atoms with Gasteiger partial charge in [0, 0.05) is 25.5 Å². The molecule has 4 heteroatoms. The van der Waals surface area contributed by atoms with Gasteiger partial charge < -0.3 is 5.11 Å². The molecule has 1 N–H and O–H groups in total. The molecule has 1 saturated heterocycles. The standard InChI is InChI=1S/C16H24N2O2/c1-3-6-16(15(19)20)7-4-9-18(12-16)11-14-10-17-8-5-13(14)2/h5,8,10H,3-4,6-7,9,11-12H2,1-2H3,(H,19,20). The fraction of sp³-hybridized carbons (Fsp3) is 0.625. The number of pyridine rings is 1. The summed E-state index contributed by atoms with van der Waals surface area (Å²) in [5.41, 5.74) is 1.87. The van der Waals surface area contributed by atoms with E-state index in [1.54, 1.807) is 6.20 Å². The van der Waals surface area contributed by atoms with E-state index in [1.165, 1.54) is 11.1 Å². The number of carboxylic acids is 1. The third-order valence-corrected chi connectivity index (χ3v) is 4.38. The minimum absolute atomic E-state index is 0.552. The Labute approximate surface area is 120 Å². The maximum Gasteiger partial charge on any atom is 0.310 e. The second-order valence-electron chi connectivity index (χ2n) is 5.95. The van der Waals surface area contributed by atoms with Crippen molar-refractivity contribution < 1.29 is 9.90 Å². The molecule has 1 unspecified atom stereocenters. The third kappa shape index (κ3) is 3.18. The van der Waals surface area contributed by atoms with E-state index in [4.69, 9.17) is 0 Å². The van der Waals surface area contributed by atoms with Gasteiger partial charge in [-0.05, 0) is 49.9 Å². The fourth-order valence-corrected chi connectivity index (χ4v) is 3.23. The van der Waals surface area contributed by atoms with Crippen LogP contribution in [0.4, 0.5) is 0 Å². The van der Waals surface area contributed by atoms with Crippen LogP contribution in [0.1, 0.15) is 43.7 Å². The van der Waals surface area contributed by atoms with Gasteiger partial charge in [0.25, 0.3) is 0 Å².